The molecule has 2 saturated heterocycles. The van der Waals surface area contributed by atoms with Crippen LogP contribution in [0, 0.1) is 5.41 Å². The van der Waals surface area contributed by atoms with Gasteiger partial charge in [0, 0.05) is 18.8 Å². The fourth-order valence-electron chi connectivity index (χ4n) is 6.62. The Bertz CT molecular complexity index is 1150. The molecular formula is C32H36N2. The highest BCUT2D eigenvalue weighted by Crippen LogP contribution is 2.42. The number of piperidine rings is 2. The van der Waals surface area contributed by atoms with Gasteiger partial charge >= 0.3 is 0 Å². The van der Waals surface area contributed by atoms with Crippen LogP contribution in [0.5, 0.6) is 0 Å². The lowest BCUT2D eigenvalue weighted by atomic mass is 9.73. The summed E-state index contributed by atoms with van der Waals surface area (Å²) in [6.07, 6.45) is 8.84. The molecule has 2 nitrogen and oxygen atoms in total. The van der Waals surface area contributed by atoms with Crippen LogP contribution >= 0.6 is 0 Å². The zero-order valence-corrected chi connectivity index (χ0v) is 20.2. The van der Waals surface area contributed by atoms with E-state index in [0.717, 1.165) is 12.8 Å². The van der Waals surface area contributed by atoms with E-state index in [2.05, 4.69) is 89.1 Å². The summed E-state index contributed by atoms with van der Waals surface area (Å²) >= 11 is 0. The molecule has 0 saturated carbocycles. The Hall–Kier alpha value is -2.84. The number of nitrogens with one attached hydrogen (secondary N) is 1. The van der Waals surface area contributed by atoms with Gasteiger partial charge in [-0.3, -0.25) is 0 Å². The van der Waals surface area contributed by atoms with Crippen LogP contribution in [0.25, 0.3) is 11.1 Å². The number of allylic oxidation sites excluding steroid dienone is 1. The van der Waals surface area contributed by atoms with Crippen LogP contribution in [0.2, 0.25) is 0 Å². The fourth-order valence-corrected chi connectivity index (χ4v) is 6.62. The third kappa shape index (κ3) is 4.20. The molecule has 0 atom stereocenters. The number of fused-ring (bicyclic) bond motifs is 1. The summed E-state index contributed by atoms with van der Waals surface area (Å²) in [5.74, 6) is 0. The van der Waals surface area contributed by atoms with E-state index < -0.39 is 0 Å². The highest BCUT2D eigenvalue weighted by Gasteiger charge is 2.36. The second kappa shape index (κ2) is 9.43. The van der Waals surface area contributed by atoms with Crippen LogP contribution in [-0.2, 0) is 6.42 Å². The predicted octanol–water partition coefficient (Wildman–Crippen LogP) is 6.95. The number of aryl methyl sites for hydroxylation is 1. The average Bonchev–Trinajstić information content (AvgIpc) is 3.10. The van der Waals surface area contributed by atoms with Crippen molar-refractivity contribution in [3.63, 3.8) is 0 Å². The molecular weight excluding hydrogens is 412 g/mol. The Morgan fingerprint density at radius 2 is 1.44 bits per heavy atom. The van der Waals surface area contributed by atoms with Crippen LogP contribution in [0.4, 0.5) is 5.69 Å². The van der Waals surface area contributed by atoms with E-state index in [4.69, 9.17) is 0 Å². The summed E-state index contributed by atoms with van der Waals surface area (Å²) in [6, 6.07) is 29.6. The second-order valence-electron chi connectivity index (χ2n) is 10.6. The van der Waals surface area contributed by atoms with E-state index in [1.165, 1.54) is 97.4 Å². The minimum atomic E-state index is 0.519. The van der Waals surface area contributed by atoms with Crippen molar-refractivity contribution in [2.24, 2.45) is 5.41 Å². The Balaban J connectivity index is 1.37. The SMILES string of the molecule is c1ccc(C2=C(c3ccc(N4CCCC5(CCNCC5)C4)cc3)c3ccccc3CCC2)cc1. The minimum Gasteiger partial charge on any atom is -0.371 e. The second-order valence-corrected chi connectivity index (χ2v) is 10.6. The first kappa shape index (κ1) is 21.7. The number of anilines is 1. The van der Waals surface area contributed by atoms with Crippen molar-refractivity contribution < 1.29 is 0 Å². The van der Waals surface area contributed by atoms with Crippen molar-refractivity contribution >= 4 is 16.8 Å². The van der Waals surface area contributed by atoms with Crippen LogP contribution in [0.1, 0.15) is 60.8 Å². The molecule has 34 heavy (non-hydrogen) atoms. The molecule has 1 aliphatic carbocycles. The van der Waals surface area contributed by atoms with E-state index in [0.29, 0.717) is 5.41 Å². The van der Waals surface area contributed by atoms with Gasteiger partial charge in [0.1, 0.15) is 0 Å². The van der Waals surface area contributed by atoms with Crippen molar-refractivity contribution in [2.75, 3.05) is 31.1 Å². The lowest BCUT2D eigenvalue weighted by molar-refractivity contribution is 0.167. The maximum atomic E-state index is 3.56. The van der Waals surface area contributed by atoms with Crippen molar-refractivity contribution in [2.45, 2.75) is 44.9 Å². The highest BCUT2D eigenvalue weighted by atomic mass is 15.1. The number of hydrogen-bond donors (Lipinski definition) is 1. The lowest BCUT2D eigenvalue weighted by Gasteiger charge is -2.46. The Morgan fingerprint density at radius 3 is 2.26 bits per heavy atom. The molecule has 0 amide bonds. The van der Waals surface area contributed by atoms with Crippen LogP contribution in [-0.4, -0.2) is 26.2 Å². The van der Waals surface area contributed by atoms with Gasteiger partial charge in [-0.15, -0.1) is 0 Å². The van der Waals surface area contributed by atoms with Gasteiger partial charge in [-0.25, -0.2) is 0 Å². The number of nitrogens with zero attached hydrogens (tertiary/aromatic N) is 1. The average molecular weight is 449 g/mol. The summed E-state index contributed by atoms with van der Waals surface area (Å²) < 4.78 is 0. The molecule has 3 aromatic carbocycles. The Morgan fingerprint density at radius 1 is 0.676 bits per heavy atom. The standard InChI is InChI=1S/C32H36N2/c1-2-8-25(9-3-1)30-13-6-11-26-10-4-5-12-29(26)31(30)27-14-16-28(17-15-27)34-23-7-18-32(24-34)19-21-33-22-20-32/h1-5,8-10,12,14-17,33H,6-7,11,13,18-24H2. The Labute approximate surface area is 204 Å². The third-order valence-electron chi connectivity index (χ3n) is 8.43. The number of benzene rings is 3. The van der Waals surface area contributed by atoms with Crippen molar-refractivity contribution in [1.29, 1.82) is 0 Å². The monoisotopic (exact) mass is 448 g/mol. The quantitative estimate of drug-likeness (QED) is 0.466. The van der Waals surface area contributed by atoms with Gasteiger partial charge < -0.3 is 10.2 Å². The molecule has 2 aliphatic heterocycles. The first-order chi connectivity index (χ1) is 16.8. The predicted molar refractivity (Wildman–Crippen MR) is 144 cm³/mol. The minimum absolute atomic E-state index is 0.519. The molecule has 0 bridgehead atoms. The first-order valence-electron chi connectivity index (χ1n) is 13.2. The van der Waals surface area contributed by atoms with Crippen molar-refractivity contribution in [3.05, 3.63) is 101 Å². The summed E-state index contributed by atoms with van der Waals surface area (Å²) in [7, 11) is 0. The van der Waals surface area contributed by atoms with Gasteiger partial charge in [0.05, 0.1) is 0 Å². The van der Waals surface area contributed by atoms with Crippen LogP contribution in [0.15, 0.2) is 78.9 Å². The smallest absolute Gasteiger partial charge is 0.0366 e. The fraction of sp³-hybridized carbons (Fsp3) is 0.375. The first-order valence-corrected chi connectivity index (χ1v) is 13.2. The normalized spacial score (nSPS) is 20.2. The third-order valence-corrected chi connectivity index (χ3v) is 8.43. The van der Waals surface area contributed by atoms with E-state index in [9.17, 15) is 0 Å². The molecule has 2 heteroatoms. The molecule has 1 spiro atoms. The molecule has 174 valence electrons. The zero-order valence-electron chi connectivity index (χ0n) is 20.2. The van der Waals surface area contributed by atoms with Gasteiger partial charge in [-0.1, -0.05) is 66.7 Å². The molecule has 0 radical (unpaired) electrons. The van der Waals surface area contributed by atoms with Gasteiger partial charge in [0.25, 0.3) is 0 Å². The van der Waals surface area contributed by atoms with Crippen LogP contribution < -0.4 is 10.2 Å². The zero-order chi connectivity index (χ0) is 22.8. The van der Waals surface area contributed by atoms with Gasteiger partial charge in [0.2, 0.25) is 0 Å². The molecule has 3 aliphatic rings. The molecule has 0 aromatic heterocycles. The van der Waals surface area contributed by atoms with Gasteiger partial charge in [-0.2, -0.15) is 0 Å². The van der Waals surface area contributed by atoms with Crippen molar-refractivity contribution in [3.8, 4) is 0 Å². The summed E-state index contributed by atoms with van der Waals surface area (Å²) in [4.78, 5) is 2.66. The number of hydrogen-bond acceptors (Lipinski definition) is 2. The van der Waals surface area contributed by atoms with E-state index >= 15 is 0 Å². The Kier molecular flexibility index (Phi) is 6.01. The topological polar surface area (TPSA) is 15.3 Å². The maximum absolute atomic E-state index is 3.56. The van der Waals surface area contributed by atoms with E-state index in [-0.39, 0.29) is 0 Å². The van der Waals surface area contributed by atoms with Crippen molar-refractivity contribution in [1.82, 2.24) is 5.32 Å². The van der Waals surface area contributed by atoms with Gasteiger partial charge in [0.15, 0.2) is 0 Å². The molecule has 2 fully saturated rings. The molecule has 3 aromatic rings. The largest absolute Gasteiger partial charge is 0.371 e. The molecule has 6 rings (SSSR count). The summed E-state index contributed by atoms with van der Waals surface area (Å²) in [5.41, 5.74) is 10.4. The van der Waals surface area contributed by atoms with Crippen LogP contribution in [0.3, 0.4) is 0 Å². The molecule has 0 unspecified atom stereocenters. The van der Waals surface area contributed by atoms with E-state index in [1.807, 2.05) is 0 Å². The molecule has 1 N–H and O–H groups in total. The molecule has 2 heterocycles. The number of rotatable bonds is 3. The summed E-state index contributed by atoms with van der Waals surface area (Å²) in [6.45, 7) is 4.77. The summed E-state index contributed by atoms with van der Waals surface area (Å²) in [5, 5.41) is 3.56. The highest BCUT2D eigenvalue weighted by molar-refractivity contribution is 6.00. The van der Waals surface area contributed by atoms with Gasteiger partial charge in [-0.05, 0) is 109 Å². The maximum Gasteiger partial charge on any atom is 0.0366 e. The van der Waals surface area contributed by atoms with E-state index in [1.54, 1.807) is 0 Å². The lowest BCUT2D eigenvalue weighted by Crippen LogP contribution is -2.48.